The predicted molar refractivity (Wildman–Crippen MR) is 70.4 cm³/mol. The molecule has 1 heterocycles. The summed E-state index contributed by atoms with van der Waals surface area (Å²) in [6.07, 6.45) is 0. The molecule has 0 aliphatic carbocycles. The average Bonchev–Trinajstić information content (AvgIpc) is 2.61. The van der Waals surface area contributed by atoms with E-state index in [1.165, 1.54) is 11.3 Å². The van der Waals surface area contributed by atoms with Crippen LogP contribution in [-0.4, -0.2) is 40.0 Å². The topological polar surface area (TPSA) is 49.4 Å². The molecule has 1 atom stereocenters. The average molecular weight is 327 g/mol. The van der Waals surface area contributed by atoms with Gasteiger partial charge in [-0.25, -0.2) is 13.1 Å². The number of hydrogen-bond donors (Lipinski definition) is 1. The lowest BCUT2D eigenvalue weighted by atomic mass is 10.3. The predicted octanol–water partition coefficient (Wildman–Crippen LogP) is 1.74. The van der Waals surface area contributed by atoms with Crippen LogP contribution in [0.4, 0.5) is 0 Å². The van der Waals surface area contributed by atoms with Gasteiger partial charge in [-0.3, -0.25) is 0 Å². The molecule has 0 amide bonds. The number of halogens is 1. The highest BCUT2D eigenvalue weighted by Crippen LogP contribution is 2.25. The molecule has 0 bridgehead atoms. The number of thiophene rings is 1. The summed E-state index contributed by atoms with van der Waals surface area (Å²) in [6.45, 7) is 2.37. The number of hydrogen-bond acceptors (Lipinski definition) is 4. The van der Waals surface area contributed by atoms with Gasteiger partial charge in [0.15, 0.2) is 0 Å². The van der Waals surface area contributed by atoms with E-state index in [1.54, 1.807) is 12.1 Å². The van der Waals surface area contributed by atoms with Crippen molar-refractivity contribution in [1.82, 2.24) is 9.62 Å². The van der Waals surface area contributed by atoms with Crippen molar-refractivity contribution in [2.75, 3.05) is 20.6 Å². The molecule has 1 rings (SSSR count). The van der Waals surface area contributed by atoms with E-state index in [9.17, 15) is 8.42 Å². The minimum Gasteiger partial charge on any atom is -0.305 e. The maximum atomic E-state index is 11.8. The first-order valence-corrected chi connectivity index (χ1v) is 7.83. The van der Waals surface area contributed by atoms with Crippen LogP contribution in [0.15, 0.2) is 20.1 Å². The molecule has 4 nitrogen and oxygen atoms in total. The summed E-state index contributed by atoms with van der Waals surface area (Å²) in [6, 6.07) is 3.49. The van der Waals surface area contributed by atoms with Gasteiger partial charge in [0.1, 0.15) is 4.21 Å². The van der Waals surface area contributed by atoms with E-state index in [-0.39, 0.29) is 6.04 Å². The van der Waals surface area contributed by atoms with Crippen LogP contribution in [0.5, 0.6) is 0 Å². The van der Waals surface area contributed by atoms with Crippen molar-refractivity contribution in [3.05, 3.63) is 15.9 Å². The fourth-order valence-electron chi connectivity index (χ4n) is 0.926. The van der Waals surface area contributed by atoms with Gasteiger partial charge < -0.3 is 4.90 Å². The smallest absolute Gasteiger partial charge is 0.250 e. The molecule has 1 aromatic heterocycles. The second-order valence-corrected chi connectivity index (χ2v) is 8.18. The van der Waals surface area contributed by atoms with Crippen LogP contribution in [0.1, 0.15) is 6.92 Å². The molecule has 0 spiro atoms. The summed E-state index contributed by atoms with van der Waals surface area (Å²) in [5.74, 6) is 0. The van der Waals surface area contributed by atoms with E-state index >= 15 is 0 Å². The normalized spacial score (nSPS) is 14.3. The highest BCUT2D eigenvalue weighted by Gasteiger charge is 2.17. The fraction of sp³-hybridized carbons (Fsp3) is 0.556. The van der Waals surface area contributed by atoms with Crippen molar-refractivity contribution in [3.63, 3.8) is 0 Å². The SMILES string of the molecule is CC(CNS(=O)(=O)c1ccc(Br)s1)N(C)C. The van der Waals surface area contributed by atoms with Crippen LogP contribution in [0.3, 0.4) is 0 Å². The lowest BCUT2D eigenvalue weighted by Crippen LogP contribution is -2.37. The summed E-state index contributed by atoms with van der Waals surface area (Å²) >= 11 is 4.45. The molecule has 0 radical (unpaired) electrons. The lowest BCUT2D eigenvalue weighted by molar-refractivity contribution is 0.314. The number of rotatable bonds is 5. The Labute approximate surface area is 109 Å². The number of nitrogens with zero attached hydrogens (tertiary/aromatic N) is 1. The molecule has 1 N–H and O–H groups in total. The number of sulfonamides is 1. The van der Waals surface area contributed by atoms with Gasteiger partial charge in [0.25, 0.3) is 0 Å². The third-order valence-electron chi connectivity index (χ3n) is 2.26. The van der Waals surface area contributed by atoms with Crippen LogP contribution in [0.25, 0.3) is 0 Å². The van der Waals surface area contributed by atoms with E-state index in [4.69, 9.17) is 0 Å². The maximum Gasteiger partial charge on any atom is 0.250 e. The first kappa shape index (κ1) is 14.1. The Morgan fingerprint density at radius 2 is 2.12 bits per heavy atom. The summed E-state index contributed by atoms with van der Waals surface area (Å²) in [4.78, 5) is 1.97. The van der Waals surface area contributed by atoms with Crippen molar-refractivity contribution in [2.24, 2.45) is 0 Å². The molecule has 0 saturated carbocycles. The first-order valence-electron chi connectivity index (χ1n) is 4.74. The largest absolute Gasteiger partial charge is 0.305 e. The standard InChI is InChI=1S/C9H15BrN2O2S2/c1-7(12(2)3)6-11-16(13,14)9-5-4-8(10)15-9/h4-5,7,11H,6H2,1-3H3. The monoisotopic (exact) mass is 326 g/mol. The van der Waals surface area contributed by atoms with Gasteiger partial charge in [0.05, 0.1) is 3.79 Å². The van der Waals surface area contributed by atoms with E-state index in [0.717, 1.165) is 3.79 Å². The Kier molecular flexibility index (Phi) is 4.93. The molecule has 7 heteroatoms. The summed E-state index contributed by atoms with van der Waals surface area (Å²) < 4.78 is 27.4. The summed E-state index contributed by atoms with van der Waals surface area (Å²) in [5, 5.41) is 0. The zero-order chi connectivity index (χ0) is 12.3. The highest BCUT2D eigenvalue weighted by molar-refractivity contribution is 9.11. The number of likely N-dealkylation sites (N-methyl/N-ethyl adjacent to an activating group) is 1. The van der Waals surface area contributed by atoms with Gasteiger partial charge >= 0.3 is 0 Å². The quantitative estimate of drug-likeness (QED) is 0.896. The zero-order valence-corrected chi connectivity index (χ0v) is 12.6. The van der Waals surface area contributed by atoms with Crippen LogP contribution >= 0.6 is 27.3 Å². The van der Waals surface area contributed by atoms with Crippen LogP contribution in [-0.2, 0) is 10.0 Å². The van der Waals surface area contributed by atoms with Crippen molar-refractivity contribution in [1.29, 1.82) is 0 Å². The molecule has 1 unspecified atom stereocenters. The van der Waals surface area contributed by atoms with E-state index in [1.807, 2.05) is 25.9 Å². The minimum absolute atomic E-state index is 0.165. The number of nitrogens with one attached hydrogen (secondary N) is 1. The van der Waals surface area contributed by atoms with Crippen LogP contribution in [0.2, 0.25) is 0 Å². The van der Waals surface area contributed by atoms with Gasteiger partial charge in [0.2, 0.25) is 10.0 Å². The Balaban J connectivity index is 2.67. The molecule has 16 heavy (non-hydrogen) atoms. The zero-order valence-electron chi connectivity index (χ0n) is 9.40. The summed E-state index contributed by atoms with van der Waals surface area (Å²) in [5.41, 5.74) is 0. The Hall–Kier alpha value is 0.0500. The Morgan fingerprint density at radius 3 is 2.56 bits per heavy atom. The van der Waals surface area contributed by atoms with Crippen molar-refractivity contribution in [2.45, 2.75) is 17.2 Å². The molecular weight excluding hydrogens is 312 g/mol. The Bertz CT molecular complexity index is 442. The van der Waals surface area contributed by atoms with Crippen LogP contribution in [0, 0.1) is 0 Å². The summed E-state index contributed by atoms with van der Waals surface area (Å²) in [7, 11) is 0.479. The molecule has 0 saturated heterocycles. The lowest BCUT2D eigenvalue weighted by Gasteiger charge is -2.19. The van der Waals surface area contributed by atoms with Gasteiger partial charge in [-0.1, -0.05) is 0 Å². The molecule has 0 aromatic carbocycles. The second kappa shape index (κ2) is 5.59. The van der Waals surface area contributed by atoms with E-state index < -0.39 is 10.0 Å². The third-order valence-corrected chi connectivity index (χ3v) is 5.80. The van der Waals surface area contributed by atoms with Crippen molar-refractivity contribution >= 4 is 37.3 Å². The van der Waals surface area contributed by atoms with Gasteiger partial charge in [-0.2, -0.15) is 0 Å². The molecule has 0 fully saturated rings. The van der Waals surface area contributed by atoms with Gasteiger partial charge in [0, 0.05) is 12.6 Å². The first-order chi connectivity index (χ1) is 7.33. The van der Waals surface area contributed by atoms with Crippen molar-refractivity contribution in [3.8, 4) is 0 Å². The van der Waals surface area contributed by atoms with Crippen molar-refractivity contribution < 1.29 is 8.42 Å². The molecule has 92 valence electrons. The van der Waals surface area contributed by atoms with Crippen LogP contribution < -0.4 is 4.72 Å². The molecule has 1 aromatic rings. The molecular formula is C9H15BrN2O2S2. The van der Waals surface area contributed by atoms with Gasteiger partial charge in [-0.05, 0) is 49.1 Å². The van der Waals surface area contributed by atoms with E-state index in [0.29, 0.717) is 10.8 Å². The Morgan fingerprint density at radius 1 is 1.50 bits per heavy atom. The van der Waals surface area contributed by atoms with E-state index in [2.05, 4.69) is 20.7 Å². The highest BCUT2D eigenvalue weighted by atomic mass is 79.9. The fourth-order valence-corrected chi connectivity index (χ4v) is 4.10. The van der Waals surface area contributed by atoms with Gasteiger partial charge in [-0.15, -0.1) is 11.3 Å². The third kappa shape index (κ3) is 3.81. The maximum absolute atomic E-state index is 11.8. The molecule has 0 aliphatic heterocycles. The molecule has 0 aliphatic rings. The second-order valence-electron chi connectivity index (χ2n) is 3.72. The minimum atomic E-state index is -3.36.